The normalized spacial score (nSPS) is 15.0. The number of terminal acetylenes is 1. The number of carbonyl (C=O) groups excluding carboxylic acids is 1. The molecule has 0 aromatic heterocycles. The van der Waals surface area contributed by atoms with Gasteiger partial charge in [-0.05, 0) is 11.8 Å². The molecule has 0 spiro atoms. The third-order valence-corrected chi connectivity index (χ3v) is 2.74. The Bertz CT molecular complexity index is 260. The van der Waals surface area contributed by atoms with Crippen LogP contribution in [0.1, 0.15) is 47.0 Å². The van der Waals surface area contributed by atoms with Crippen molar-refractivity contribution in [2.75, 3.05) is 0 Å². The van der Waals surface area contributed by atoms with Gasteiger partial charge in [0.15, 0.2) is 0 Å². The zero-order valence-corrected chi connectivity index (χ0v) is 10.8. The lowest BCUT2D eigenvalue weighted by molar-refractivity contribution is -0.122. The summed E-state index contributed by atoms with van der Waals surface area (Å²) in [4.78, 5) is 11.7. The first-order valence-corrected chi connectivity index (χ1v) is 5.79. The fraction of sp³-hybridized carbons (Fsp3) is 0.769. The molecule has 0 aliphatic rings. The molecule has 2 unspecified atom stereocenters. The molecule has 0 aromatic rings. The average Bonchev–Trinajstić information content (AvgIpc) is 2.15. The minimum Gasteiger partial charge on any atom is -0.352 e. The van der Waals surface area contributed by atoms with Crippen molar-refractivity contribution in [2.24, 2.45) is 11.1 Å². The van der Waals surface area contributed by atoms with Crippen LogP contribution in [-0.4, -0.2) is 18.0 Å². The van der Waals surface area contributed by atoms with Crippen molar-refractivity contribution in [3.05, 3.63) is 0 Å². The smallest absolute Gasteiger partial charge is 0.221 e. The standard InChI is InChI=1S/C13H24N2O/c1-6-8-10(7-2)15-12(16)9-11(14)13(3,4)5/h1,10-11H,7-9,14H2,2-5H3,(H,15,16). The number of rotatable bonds is 5. The summed E-state index contributed by atoms with van der Waals surface area (Å²) in [5.74, 6) is 2.55. The molecule has 0 rings (SSSR count). The number of amides is 1. The Labute approximate surface area is 99.2 Å². The molecule has 2 atom stereocenters. The van der Waals surface area contributed by atoms with Gasteiger partial charge in [-0.2, -0.15) is 0 Å². The van der Waals surface area contributed by atoms with Crippen LogP contribution in [-0.2, 0) is 4.79 Å². The minimum absolute atomic E-state index is 0.00970. The highest BCUT2D eigenvalue weighted by Crippen LogP contribution is 2.19. The number of nitrogens with one attached hydrogen (secondary N) is 1. The molecule has 3 heteroatoms. The molecule has 16 heavy (non-hydrogen) atoms. The lowest BCUT2D eigenvalue weighted by atomic mass is 9.85. The van der Waals surface area contributed by atoms with Crippen molar-refractivity contribution >= 4 is 5.91 Å². The van der Waals surface area contributed by atoms with Crippen molar-refractivity contribution in [3.63, 3.8) is 0 Å². The number of nitrogens with two attached hydrogens (primary N) is 1. The van der Waals surface area contributed by atoms with Gasteiger partial charge in [-0.1, -0.05) is 27.7 Å². The Morgan fingerprint density at radius 2 is 2.06 bits per heavy atom. The first-order chi connectivity index (χ1) is 7.31. The van der Waals surface area contributed by atoms with Crippen LogP contribution in [0, 0.1) is 17.8 Å². The fourth-order valence-electron chi connectivity index (χ4n) is 1.23. The maximum absolute atomic E-state index is 11.7. The van der Waals surface area contributed by atoms with Crippen LogP contribution < -0.4 is 11.1 Å². The van der Waals surface area contributed by atoms with Gasteiger partial charge in [0.1, 0.15) is 0 Å². The van der Waals surface area contributed by atoms with E-state index in [-0.39, 0.29) is 23.4 Å². The summed E-state index contributed by atoms with van der Waals surface area (Å²) in [7, 11) is 0. The molecule has 3 nitrogen and oxygen atoms in total. The lowest BCUT2D eigenvalue weighted by Crippen LogP contribution is -2.42. The van der Waals surface area contributed by atoms with Gasteiger partial charge in [0.25, 0.3) is 0 Å². The van der Waals surface area contributed by atoms with Gasteiger partial charge in [-0.15, -0.1) is 12.3 Å². The molecular formula is C13H24N2O. The molecule has 0 aromatic carbocycles. The van der Waals surface area contributed by atoms with Crippen LogP contribution in [0.3, 0.4) is 0 Å². The summed E-state index contributed by atoms with van der Waals surface area (Å²) in [5, 5.41) is 2.91. The third-order valence-electron chi connectivity index (χ3n) is 2.74. The second kappa shape index (κ2) is 6.55. The van der Waals surface area contributed by atoms with Gasteiger partial charge in [0.05, 0.1) is 0 Å². The minimum atomic E-state index is -0.129. The van der Waals surface area contributed by atoms with E-state index in [1.807, 2.05) is 27.7 Å². The Kier molecular flexibility index (Phi) is 6.13. The van der Waals surface area contributed by atoms with Gasteiger partial charge in [-0.3, -0.25) is 4.79 Å². The maximum Gasteiger partial charge on any atom is 0.221 e. The molecular weight excluding hydrogens is 200 g/mol. The van der Waals surface area contributed by atoms with Gasteiger partial charge < -0.3 is 11.1 Å². The Morgan fingerprint density at radius 3 is 2.44 bits per heavy atom. The van der Waals surface area contributed by atoms with Crippen LogP contribution in [0.5, 0.6) is 0 Å². The zero-order valence-electron chi connectivity index (χ0n) is 10.8. The summed E-state index contributed by atoms with van der Waals surface area (Å²) in [5.41, 5.74) is 5.89. The van der Waals surface area contributed by atoms with E-state index in [0.717, 1.165) is 6.42 Å². The fourth-order valence-corrected chi connectivity index (χ4v) is 1.23. The Morgan fingerprint density at radius 1 is 1.50 bits per heavy atom. The number of carbonyl (C=O) groups is 1. The van der Waals surface area contributed by atoms with E-state index in [9.17, 15) is 4.79 Å². The van der Waals surface area contributed by atoms with Crippen molar-refractivity contribution in [2.45, 2.75) is 59.0 Å². The monoisotopic (exact) mass is 224 g/mol. The second-order valence-electron chi connectivity index (χ2n) is 5.26. The zero-order chi connectivity index (χ0) is 12.8. The van der Waals surface area contributed by atoms with Gasteiger partial charge >= 0.3 is 0 Å². The molecule has 0 radical (unpaired) electrons. The maximum atomic E-state index is 11.7. The van der Waals surface area contributed by atoms with Crippen LogP contribution in [0.4, 0.5) is 0 Å². The molecule has 1 amide bonds. The quantitative estimate of drug-likeness (QED) is 0.698. The van der Waals surface area contributed by atoms with E-state index >= 15 is 0 Å². The van der Waals surface area contributed by atoms with E-state index in [0.29, 0.717) is 12.8 Å². The van der Waals surface area contributed by atoms with Gasteiger partial charge in [0.2, 0.25) is 5.91 Å². The molecule has 92 valence electrons. The van der Waals surface area contributed by atoms with Crippen LogP contribution in [0.2, 0.25) is 0 Å². The van der Waals surface area contributed by atoms with Crippen molar-refractivity contribution in [1.82, 2.24) is 5.32 Å². The van der Waals surface area contributed by atoms with Gasteiger partial charge in [-0.25, -0.2) is 0 Å². The molecule has 0 bridgehead atoms. The van der Waals surface area contributed by atoms with Crippen LogP contribution >= 0.6 is 0 Å². The van der Waals surface area contributed by atoms with E-state index in [4.69, 9.17) is 12.2 Å². The number of hydrogen-bond donors (Lipinski definition) is 2. The first kappa shape index (κ1) is 15.0. The summed E-state index contributed by atoms with van der Waals surface area (Å²) in [6.45, 7) is 8.10. The highest BCUT2D eigenvalue weighted by Gasteiger charge is 2.23. The third kappa shape index (κ3) is 5.77. The van der Waals surface area contributed by atoms with Gasteiger partial charge in [0, 0.05) is 24.9 Å². The van der Waals surface area contributed by atoms with Crippen LogP contribution in [0.15, 0.2) is 0 Å². The largest absolute Gasteiger partial charge is 0.352 e. The molecule has 0 heterocycles. The summed E-state index contributed by atoms with van der Waals surface area (Å²) in [6, 6.07) is -0.0551. The molecule has 0 fully saturated rings. The SMILES string of the molecule is C#CCC(CC)NC(=O)CC(N)C(C)(C)C. The Hall–Kier alpha value is -1.01. The Balaban J connectivity index is 4.13. The predicted octanol–water partition coefficient (Wildman–Crippen LogP) is 1.67. The first-order valence-electron chi connectivity index (χ1n) is 5.79. The summed E-state index contributed by atoms with van der Waals surface area (Å²) >= 11 is 0. The second-order valence-corrected chi connectivity index (χ2v) is 5.26. The average molecular weight is 224 g/mol. The summed E-state index contributed by atoms with van der Waals surface area (Å²) in [6.07, 6.45) is 7.00. The highest BCUT2D eigenvalue weighted by atomic mass is 16.1. The van der Waals surface area contributed by atoms with E-state index in [2.05, 4.69) is 11.2 Å². The van der Waals surface area contributed by atoms with E-state index in [1.165, 1.54) is 0 Å². The summed E-state index contributed by atoms with van der Waals surface area (Å²) < 4.78 is 0. The van der Waals surface area contributed by atoms with E-state index < -0.39 is 0 Å². The topological polar surface area (TPSA) is 55.1 Å². The van der Waals surface area contributed by atoms with Crippen molar-refractivity contribution < 1.29 is 4.79 Å². The highest BCUT2D eigenvalue weighted by molar-refractivity contribution is 5.77. The molecule has 0 saturated carbocycles. The number of hydrogen-bond acceptors (Lipinski definition) is 2. The lowest BCUT2D eigenvalue weighted by Gasteiger charge is -2.27. The molecule has 0 aliphatic heterocycles. The van der Waals surface area contributed by atoms with Crippen LogP contribution in [0.25, 0.3) is 0 Å². The molecule has 0 saturated heterocycles. The predicted molar refractivity (Wildman–Crippen MR) is 67.7 cm³/mol. The van der Waals surface area contributed by atoms with E-state index in [1.54, 1.807) is 0 Å². The molecule has 0 aliphatic carbocycles. The van der Waals surface area contributed by atoms with Crippen molar-refractivity contribution in [3.8, 4) is 12.3 Å². The molecule has 3 N–H and O–H groups in total. The van der Waals surface area contributed by atoms with Crippen molar-refractivity contribution in [1.29, 1.82) is 0 Å².